The number of nitrogens with zero attached hydrogens (tertiary/aromatic N) is 2. The fourth-order valence-corrected chi connectivity index (χ4v) is 5.63. The molecular formula is C31H28F3N3O5. The van der Waals surface area contributed by atoms with Gasteiger partial charge in [0, 0.05) is 25.6 Å². The zero-order valence-electron chi connectivity index (χ0n) is 22.5. The molecule has 1 atom stereocenters. The average molecular weight is 580 g/mol. The van der Waals surface area contributed by atoms with Crippen molar-refractivity contribution in [3.63, 3.8) is 0 Å². The number of halogens is 3. The number of fused-ring (bicyclic) bond motifs is 2. The fourth-order valence-electron chi connectivity index (χ4n) is 5.63. The number of nitrogens with one attached hydrogen (secondary N) is 1. The minimum atomic E-state index is -4.41. The van der Waals surface area contributed by atoms with Crippen LogP contribution in [0.2, 0.25) is 0 Å². The Morgan fingerprint density at radius 1 is 0.905 bits per heavy atom. The molecule has 1 fully saturated rings. The van der Waals surface area contributed by atoms with E-state index in [1.54, 1.807) is 24.3 Å². The van der Waals surface area contributed by atoms with Crippen LogP contribution in [-0.4, -0.2) is 55.0 Å². The number of rotatable bonds is 6. The molecule has 42 heavy (non-hydrogen) atoms. The summed E-state index contributed by atoms with van der Waals surface area (Å²) >= 11 is 0. The Kier molecular flexibility index (Phi) is 7.26. The second-order valence-electron chi connectivity index (χ2n) is 10.6. The molecule has 1 N–H and O–H groups in total. The van der Waals surface area contributed by atoms with Crippen molar-refractivity contribution in [3.05, 3.63) is 89.0 Å². The van der Waals surface area contributed by atoms with Gasteiger partial charge in [-0.15, -0.1) is 0 Å². The third kappa shape index (κ3) is 5.38. The van der Waals surface area contributed by atoms with E-state index in [9.17, 15) is 27.6 Å². The minimum absolute atomic E-state index is 0.0568. The van der Waals surface area contributed by atoms with Crippen molar-refractivity contribution in [2.45, 2.75) is 31.7 Å². The predicted molar refractivity (Wildman–Crippen MR) is 146 cm³/mol. The molecular weight excluding hydrogens is 551 g/mol. The first kappa shape index (κ1) is 27.6. The summed E-state index contributed by atoms with van der Waals surface area (Å²) in [5.41, 5.74) is 1.19. The van der Waals surface area contributed by atoms with Crippen LogP contribution in [0, 0.1) is 5.92 Å². The average Bonchev–Trinajstić information content (AvgIpc) is 3.24. The van der Waals surface area contributed by atoms with E-state index in [1.807, 2.05) is 23.1 Å². The number of amides is 3. The number of hydrogen-bond acceptors (Lipinski definition) is 6. The molecule has 3 amide bonds. The third-order valence-electron chi connectivity index (χ3n) is 7.89. The molecule has 0 saturated carbocycles. The molecule has 8 nitrogen and oxygen atoms in total. The summed E-state index contributed by atoms with van der Waals surface area (Å²) in [6, 6.07) is 17.2. The van der Waals surface area contributed by atoms with Crippen molar-refractivity contribution in [2.24, 2.45) is 5.92 Å². The molecule has 0 aliphatic carbocycles. The number of imide groups is 1. The lowest BCUT2D eigenvalue weighted by atomic mass is 9.94. The van der Waals surface area contributed by atoms with Crippen molar-refractivity contribution < 1.29 is 37.0 Å². The molecule has 218 valence electrons. The van der Waals surface area contributed by atoms with Crippen molar-refractivity contribution in [2.75, 3.05) is 31.1 Å². The van der Waals surface area contributed by atoms with Crippen molar-refractivity contribution in [3.8, 4) is 11.5 Å². The standard InChI is InChI=1S/C31H28F3N3O5/c32-31(33,34)21-10-8-19(9-11-21)16-35-28(38)20-12-14-36(15-13-20)24-5-3-4-23-27(24)30(40)37(29(23)39)17-22-18-41-25-6-1-2-7-26(25)42-22/h1-11,20,22H,12-18H2,(H,35,38). The first-order chi connectivity index (χ1) is 20.2. The monoisotopic (exact) mass is 579 g/mol. The largest absolute Gasteiger partial charge is 0.486 e. The van der Waals surface area contributed by atoms with E-state index < -0.39 is 17.8 Å². The zero-order chi connectivity index (χ0) is 29.4. The summed E-state index contributed by atoms with van der Waals surface area (Å²) in [6.45, 7) is 1.42. The topological polar surface area (TPSA) is 88.2 Å². The molecule has 3 heterocycles. The molecule has 3 aliphatic rings. The lowest BCUT2D eigenvalue weighted by molar-refractivity contribution is -0.137. The molecule has 3 aromatic carbocycles. The van der Waals surface area contributed by atoms with Gasteiger partial charge in [-0.05, 0) is 54.8 Å². The maximum atomic E-state index is 13.5. The summed E-state index contributed by atoms with van der Waals surface area (Å²) in [5, 5.41) is 2.82. The number of anilines is 1. The van der Waals surface area contributed by atoms with E-state index in [2.05, 4.69) is 5.32 Å². The van der Waals surface area contributed by atoms with E-state index in [0.29, 0.717) is 59.8 Å². The van der Waals surface area contributed by atoms with Crippen molar-refractivity contribution >= 4 is 23.4 Å². The molecule has 1 unspecified atom stereocenters. The highest BCUT2D eigenvalue weighted by Gasteiger charge is 2.41. The first-order valence-electron chi connectivity index (χ1n) is 13.8. The van der Waals surface area contributed by atoms with Gasteiger partial charge < -0.3 is 19.7 Å². The Morgan fingerprint density at radius 3 is 2.33 bits per heavy atom. The van der Waals surface area contributed by atoms with Crippen LogP contribution in [0.4, 0.5) is 18.9 Å². The minimum Gasteiger partial charge on any atom is -0.486 e. The molecule has 0 spiro atoms. The highest BCUT2D eigenvalue weighted by atomic mass is 19.4. The number of carbonyl (C=O) groups is 3. The predicted octanol–water partition coefficient (Wildman–Crippen LogP) is 4.67. The normalized spacial score (nSPS) is 18.7. The SMILES string of the molecule is O=C(NCc1ccc(C(F)(F)F)cc1)C1CCN(c2cccc3c2C(=O)N(CC2COc4ccccc4O2)C3=O)CC1. The van der Waals surface area contributed by atoms with Gasteiger partial charge in [-0.3, -0.25) is 19.3 Å². The molecule has 3 aromatic rings. The van der Waals surface area contributed by atoms with E-state index in [4.69, 9.17) is 9.47 Å². The molecule has 1 saturated heterocycles. The number of para-hydroxylation sites is 2. The highest BCUT2D eigenvalue weighted by Crippen LogP contribution is 2.36. The molecule has 3 aliphatic heterocycles. The summed E-state index contributed by atoms with van der Waals surface area (Å²) in [4.78, 5) is 42.8. The van der Waals surface area contributed by atoms with Gasteiger partial charge in [0.25, 0.3) is 11.8 Å². The second kappa shape index (κ2) is 11.0. The van der Waals surface area contributed by atoms with E-state index >= 15 is 0 Å². The van der Waals surface area contributed by atoms with Crippen molar-refractivity contribution in [1.82, 2.24) is 10.2 Å². The maximum absolute atomic E-state index is 13.5. The van der Waals surface area contributed by atoms with Crippen LogP contribution in [-0.2, 0) is 17.5 Å². The molecule has 0 aromatic heterocycles. The number of piperidine rings is 1. The Hall–Kier alpha value is -4.54. The number of ether oxygens (including phenoxy) is 2. The van der Waals surface area contributed by atoms with Gasteiger partial charge in [0.1, 0.15) is 6.61 Å². The van der Waals surface area contributed by atoms with Crippen LogP contribution in [0.25, 0.3) is 0 Å². The molecule has 11 heteroatoms. The summed E-state index contributed by atoms with van der Waals surface area (Å²) < 4.78 is 50.1. The van der Waals surface area contributed by atoms with Crippen LogP contribution >= 0.6 is 0 Å². The van der Waals surface area contributed by atoms with Crippen LogP contribution in [0.1, 0.15) is 44.7 Å². The Bertz CT molecular complexity index is 1520. The van der Waals surface area contributed by atoms with E-state index in [0.717, 1.165) is 12.1 Å². The van der Waals surface area contributed by atoms with Crippen LogP contribution in [0.3, 0.4) is 0 Å². The number of hydrogen-bond donors (Lipinski definition) is 1. The lowest BCUT2D eigenvalue weighted by Crippen LogP contribution is -2.43. The highest BCUT2D eigenvalue weighted by molar-refractivity contribution is 6.23. The Morgan fingerprint density at radius 2 is 1.62 bits per heavy atom. The summed E-state index contributed by atoms with van der Waals surface area (Å²) in [5.74, 6) is -0.0112. The Balaban J connectivity index is 1.06. The van der Waals surface area contributed by atoms with Gasteiger partial charge in [-0.25, -0.2) is 0 Å². The van der Waals surface area contributed by atoms with Gasteiger partial charge in [0.2, 0.25) is 5.91 Å². The van der Waals surface area contributed by atoms with E-state index in [1.165, 1.54) is 17.0 Å². The zero-order valence-corrected chi connectivity index (χ0v) is 22.5. The van der Waals surface area contributed by atoms with E-state index in [-0.39, 0.29) is 43.3 Å². The third-order valence-corrected chi connectivity index (χ3v) is 7.89. The molecule has 0 radical (unpaired) electrons. The second-order valence-corrected chi connectivity index (χ2v) is 10.6. The van der Waals surface area contributed by atoms with Crippen LogP contribution in [0.5, 0.6) is 11.5 Å². The van der Waals surface area contributed by atoms with Gasteiger partial charge >= 0.3 is 6.18 Å². The lowest BCUT2D eigenvalue weighted by Gasteiger charge is -2.34. The van der Waals surface area contributed by atoms with Gasteiger partial charge in [0.05, 0.1) is 28.9 Å². The fraction of sp³-hybridized carbons (Fsp3) is 0.323. The summed E-state index contributed by atoms with van der Waals surface area (Å²) in [7, 11) is 0. The first-order valence-corrected chi connectivity index (χ1v) is 13.8. The number of benzene rings is 3. The van der Waals surface area contributed by atoms with Gasteiger partial charge in [-0.1, -0.05) is 30.3 Å². The maximum Gasteiger partial charge on any atom is 0.416 e. The quantitative estimate of drug-likeness (QED) is 0.427. The number of alkyl halides is 3. The van der Waals surface area contributed by atoms with Crippen molar-refractivity contribution in [1.29, 1.82) is 0 Å². The van der Waals surface area contributed by atoms with Gasteiger partial charge in [0.15, 0.2) is 17.6 Å². The number of carbonyl (C=O) groups excluding carboxylic acids is 3. The van der Waals surface area contributed by atoms with Gasteiger partial charge in [-0.2, -0.15) is 13.2 Å². The molecule has 0 bridgehead atoms. The van der Waals surface area contributed by atoms with Crippen LogP contribution < -0.4 is 19.7 Å². The molecule has 6 rings (SSSR count). The smallest absolute Gasteiger partial charge is 0.416 e. The summed E-state index contributed by atoms with van der Waals surface area (Å²) in [6.07, 6.45) is -3.85. The van der Waals surface area contributed by atoms with Crippen LogP contribution in [0.15, 0.2) is 66.7 Å². The Labute approximate surface area is 240 Å².